The van der Waals surface area contributed by atoms with Crippen LogP contribution in [0.3, 0.4) is 0 Å². The van der Waals surface area contributed by atoms with Gasteiger partial charge in [0.2, 0.25) is 5.91 Å². The minimum absolute atomic E-state index is 0.104. The molecule has 0 spiro atoms. The number of rotatable bonds is 1. The van der Waals surface area contributed by atoms with Crippen molar-refractivity contribution in [2.24, 2.45) is 5.41 Å². The third-order valence-electron chi connectivity index (χ3n) is 3.60. The summed E-state index contributed by atoms with van der Waals surface area (Å²) >= 11 is 0. The van der Waals surface area contributed by atoms with Crippen LogP contribution < -0.4 is 5.32 Å². The molecule has 86 valence electrons. The lowest BCUT2D eigenvalue weighted by Crippen LogP contribution is -2.48. The minimum Gasteiger partial charge on any atom is -0.341 e. The van der Waals surface area contributed by atoms with Crippen molar-refractivity contribution >= 4 is 5.91 Å². The van der Waals surface area contributed by atoms with E-state index in [1.165, 1.54) is 12.8 Å². The molecule has 2 fully saturated rings. The van der Waals surface area contributed by atoms with Crippen LogP contribution in [0.1, 0.15) is 39.5 Å². The molecule has 0 unspecified atom stereocenters. The first-order valence-electron chi connectivity index (χ1n) is 6.11. The Morgan fingerprint density at radius 1 is 1.40 bits per heavy atom. The number of likely N-dealkylation sites (tertiary alicyclic amines) is 1. The second-order valence-corrected chi connectivity index (χ2v) is 5.68. The number of carbonyl (C=O) groups excluding carboxylic acids is 1. The monoisotopic (exact) mass is 210 g/mol. The van der Waals surface area contributed by atoms with Gasteiger partial charge in [-0.15, -0.1) is 0 Å². The Morgan fingerprint density at radius 3 is 2.73 bits per heavy atom. The SMILES string of the molecule is CC1(C)CCN(C(=O)[C@@H]2CCCCN2)C1. The fourth-order valence-corrected chi connectivity index (χ4v) is 2.58. The number of nitrogens with zero attached hydrogens (tertiary/aromatic N) is 1. The first-order chi connectivity index (χ1) is 7.08. The lowest BCUT2D eigenvalue weighted by atomic mass is 9.93. The van der Waals surface area contributed by atoms with Gasteiger partial charge in [0.15, 0.2) is 0 Å². The summed E-state index contributed by atoms with van der Waals surface area (Å²) in [5, 5.41) is 3.33. The molecule has 1 N–H and O–H groups in total. The van der Waals surface area contributed by atoms with Crippen LogP contribution in [-0.4, -0.2) is 36.5 Å². The highest BCUT2D eigenvalue weighted by atomic mass is 16.2. The van der Waals surface area contributed by atoms with Crippen molar-refractivity contribution in [1.82, 2.24) is 10.2 Å². The van der Waals surface area contributed by atoms with Gasteiger partial charge in [-0.3, -0.25) is 4.79 Å². The number of amides is 1. The first kappa shape index (κ1) is 10.9. The molecule has 3 heteroatoms. The summed E-state index contributed by atoms with van der Waals surface area (Å²) in [6, 6.07) is 0.104. The van der Waals surface area contributed by atoms with Gasteiger partial charge in [-0.2, -0.15) is 0 Å². The van der Waals surface area contributed by atoms with Gasteiger partial charge in [-0.1, -0.05) is 20.3 Å². The van der Waals surface area contributed by atoms with E-state index < -0.39 is 0 Å². The Bertz CT molecular complexity index is 244. The third kappa shape index (κ3) is 2.51. The standard InChI is InChI=1S/C12H22N2O/c1-12(2)6-8-14(9-12)11(15)10-5-3-4-7-13-10/h10,13H,3-9H2,1-2H3/t10-/m0/s1. The normalized spacial score (nSPS) is 30.5. The Balaban J connectivity index is 1.90. The topological polar surface area (TPSA) is 32.3 Å². The average molecular weight is 210 g/mol. The van der Waals surface area contributed by atoms with Crippen LogP contribution in [0.2, 0.25) is 0 Å². The van der Waals surface area contributed by atoms with Gasteiger partial charge in [0, 0.05) is 13.1 Å². The fraction of sp³-hybridized carbons (Fsp3) is 0.917. The Hall–Kier alpha value is -0.570. The maximum absolute atomic E-state index is 12.2. The zero-order chi connectivity index (χ0) is 10.9. The van der Waals surface area contributed by atoms with Gasteiger partial charge in [-0.25, -0.2) is 0 Å². The molecule has 2 heterocycles. The molecule has 2 aliphatic rings. The van der Waals surface area contributed by atoms with E-state index in [-0.39, 0.29) is 6.04 Å². The second-order valence-electron chi connectivity index (χ2n) is 5.68. The molecule has 0 aliphatic carbocycles. The molecule has 0 aromatic rings. The van der Waals surface area contributed by atoms with Gasteiger partial charge in [0.25, 0.3) is 0 Å². The summed E-state index contributed by atoms with van der Waals surface area (Å²) in [4.78, 5) is 14.2. The van der Waals surface area contributed by atoms with Crippen LogP contribution in [0.5, 0.6) is 0 Å². The van der Waals surface area contributed by atoms with E-state index in [9.17, 15) is 4.79 Å². The minimum atomic E-state index is 0.104. The molecule has 1 amide bonds. The maximum Gasteiger partial charge on any atom is 0.239 e. The van der Waals surface area contributed by atoms with Gasteiger partial charge >= 0.3 is 0 Å². The summed E-state index contributed by atoms with van der Waals surface area (Å²) < 4.78 is 0. The Morgan fingerprint density at radius 2 is 2.20 bits per heavy atom. The molecule has 0 radical (unpaired) electrons. The number of nitrogens with one attached hydrogen (secondary N) is 1. The highest BCUT2D eigenvalue weighted by Crippen LogP contribution is 2.29. The van der Waals surface area contributed by atoms with Crippen LogP contribution in [-0.2, 0) is 4.79 Å². The quantitative estimate of drug-likeness (QED) is 0.709. The Kier molecular flexibility index (Phi) is 3.01. The predicted octanol–water partition coefficient (Wildman–Crippen LogP) is 1.39. The highest BCUT2D eigenvalue weighted by Gasteiger charge is 2.35. The van der Waals surface area contributed by atoms with Gasteiger partial charge < -0.3 is 10.2 Å². The van der Waals surface area contributed by atoms with Crippen molar-refractivity contribution in [2.75, 3.05) is 19.6 Å². The number of hydrogen-bond donors (Lipinski definition) is 1. The summed E-state index contributed by atoms with van der Waals surface area (Å²) in [6.07, 6.45) is 4.58. The van der Waals surface area contributed by atoms with Gasteiger partial charge in [0.05, 0.1) is 6.04 Å². The van der Waals surface area contributed by atoms with E-state index in [2.05, 4.69) is 19.2 Å². The molecule has 0 aromatic carbocycles. The van der Waals surface area contributed by atoms with Crippen molar-refractivity contribution in [3.63, 3.8) is 0 Å². The van der Waals surface area contributed by atoms with E-state index >= 15 is 0 Å². The lowest BCUT2D eigenvalue weighted by molar-refractivity contribution is -0.133. The summed E-state index contributed by atoms with van der Waals surface area (Å²) in [5.41, 5.74) is 0.324. The largest absolute Gasteiger partial charge is 0.341 e. The zero-order valence-electron chi connectivity index (χ0n) is 9.88. The van der Waals surface area contributed by atoms with Crippen molar-refractivity contribution in [1.29, 1.82) is 0 Å². The average Bonchev–Trinajstić information content (AvgIpc) is 2.59. The predicted molar refractivity (Wildman–Crippen MR) is 60.6 cm³/mol. The van der Waals surface area contributed by atoms with E-state index in [1.807, 2.05) is 4.90 Å². The van der Waals surface area contributed by atoms with E-state index in [0.29, 0.717) is 11.3 Å². The molecule has 2 rings (SSSR count). The fourth-order valence-electron chi connectivity index (χ4n) is 2.58. The van der Waals surface area contributed by atoms with Crippen LogP contribution in [0, 0.1) is 5.41 Å². The third-order valence-corrected chi connectivity index (χ3v) is 3.60. The molecule has 15 heavy (non-hydrogen) atoms. The van der Waals surface area contributed by atoms with Crippen LogP contribution in [0.4, 0.5) is 0 Å². The van der Waals surface area contributed by atoms with Crippen LogP contribution in [0.25, 0.3) is 0 Å². The summed E-state index contributed by atoms with van der Waals surface area (Å²) in [5.74, 6) is 0.334. The van der Waals surface area contributed by atoms with E-state index in [1.54, 1.807) is 0 Å². The van der Waals surface area contributed by atoms with Crippen molar-refractivity contribution < 1.29 is 4.79 Å². The zero-order valence-corrected chi connectivity index (χ0v) is 9.88. The van der Waals surface area contributed by atoms with Crippen molar-refractivity contribution in [3.05, 3.63) is 0 Å². The number of piperidine rings is 1. The van der Waals surface area contributed by atoms with E-state index in [0.717, 1.165) is 32.5 Å². The molecule has 0 aromatic heterocycles. The highest BCUT2D eigenvalue weighted by molar-refractivity contribution is 5.82. The van der Waals surface area contributed by atoms with Crippen molar-refractivity contribution in [2.45, 2.75) is 45.6 Å². The molecule has 2 aliphatic heterocycles. The summed E-state index contributed by atoms with van der Waals surface area (Å²) in [6.45, 7) is 7.38. The molecule has 3 nitrogen and oxygen atoms in total. The van der Waals surface area contributed by atoms with Crippen LogP contribution in [0.15, 0.2) is 0 Å². The number of carbonyl (C=O) groups is 1. The lowest BCUT2D eigenvalue weighted by Gasteiger charge is -2.28. The maximum atomic E-state index is 12.2. The molecule has 2 saturated heterocycles. The number of hydrogen-bond acceptors (Lipinski definition) is 2. The van der Waals surface area contributed by atoms with Gasteiger partial charge in [-0.05, 0) is 31.2 Å². The first-order valence-corrected chi connectivity index (χ1v) is 6.11. The van der Waals surface area contributed by atoms with Crippen LogP contribution >= 0.6 is 0 Å². The molecular weight excluding hydrogens is 188 g/mol. The smallest absolute Gasteiger partial charge is 0.239 e. The molecule has 1 atom stereocenters. The molecular formula is C12H22N2O. The van der Waals surface area contributed by atoms with E-state index in [4.69, 9.17) is 0 Å². The second kappa shape index (κ2) is 4.12. The molecule has 0 saturated carbocycles. The Labute approximate surface area is 92.2 Å². The van der Waals surface area contributed by atoms with Crippen molar-refractivity contribution in [3.8, 4) is 0 Å². The van der Waals surface area contributed by atoms with Gasteiger partial charge in [0.1, 0.15) is 0 Å². The summed E-state index contributed by atoms with van der Waals surface area (Å²) in [7, 11) is 0. The molecule has 0 bridgehead atoms.